The van der Waals surface area contributed by atoms with E-state index in [9.17, 15) is 9.59 Å². The van der Waals surface area contributed by atoms with Gasteiger partial charge in [-0.3, -0.25) is 9.59 Å². The summed E-state index contributed by atoms with van der Waals surface area (Å²) in [5, 5.41) is 3.17. The molecule has 2 amide bonds. The van der Waals surface area contributed by atoms with Crippen molar-refractivity contribution in [3.05, 3.63) is 35.9 Å². The lowest BCUT2D eigenvalue weighted by Crippen LogP contribution is -2.47. The lowest BCUT2D eigenvalue weighted by Gasteiger charge is -2.32. The molecule has 0 bridgehead atoms. The highest BCUT2D eigenvalue weighted by Gasteiger charge is 2.36. The molecular weight excluding hydrogens is 302 g/mol. The lowest BCUT2D eigenvalue weighted by molar-refractivity contribution is -0.129. The third-order valence-corrected chi connectivity index (χ3v) is 5.34. The molecule has 5 nitrogen and oxygen atoms in total. The van der Waals surface area contributed by atoms with Crippen molar-refractivity contribution in [1.82, 2.24) is 10.2 Å². The maximum Gasteiger partial charge on any atom is 0.225 e. The SMILES string of the molecule is NCC1CCCCC1NC(=O)C1CC(=O)N(Cc2ccccc2)C1. The highest BCUT2D eigenvalue weighted by molar-refractivity contribution is 5.89. The van der Waals surface area contributed by atoms with E-state index in [4.69, 9.17) is 5.73 Å². The van der Waals surface area contributed by atoms with Crippen LogP contribution in [0.5, 0.6) is 0 Å². The van der Waals surface area contributed by atoms with E-state index in [2.05, 4.69) is 5.32 Å². The standard InChI is InChI=1S/C19H27N3O2/c20-11-15-8-4-5-9-17(15)21-19(24)16-10-18(23)22(13-16)12-14-6-2-1-3-7-14/h1-3,6-7,15-17H,4-5,8-13,20H2,(H,21,24). The molecule has 1 heterocycles. The van der Waals surface area contributed by atoms with Gasteiger partial charge in [0.05, 0.1) is 5.92 Å². The number of nitrogens with zero attached hydrogens (tertiary/aromatic N) is 1. The average molecular weight is 329 g/mol. The molecule has 1 saturated heterocycles. The molecular formula is C19H27N3O2. The van der Waals surface area contributed by atoms with Crippen LogP contribution in [0, 0.1) is 11.8 Å². The molecule has 3 unspecified atom stereocenters. The van der Waals surface area contributed by atoms with E-state index < -0.39 is 0 Å². The fraction of sp³-hybridized carbons (Fsp3) is 0.579. The number of hydrogen-bond donors (Lipinski definition) is 2. The largest absolute Gasteiger partial charge is 0.353 e. The molecule has 1 aromatic carbocycles. The van der Waals surface area contributed by atoms with Gasteiger partial charge in [0.15, 0.2) is 0 Å². The number of nitrogens with one attached hydrogen (secondary N) is 1. The zero-order chi connectivity index (χ0) is 16.9. The highest BCUT2D eigenvalue weighted by Crippen LogP contribution is 2.25. The van der Waals surface area contributed by atoms with Gasteiger partial charge in [-0.15, -0.1) is 0 Å². The van der Waals surface area contributed by atoms with E-state index >= 15 is 0 Å². The second-order valence-corrected chi connectivity index (χ2v) is 7.06. The number of likely N-dealkylation sites (tertiary alicyclic amines) is 1. The third kappa shape index (κ3) is 3.96. The van der Waals surface area contributed by atoms with Crippen LogP contribution in [0.2, 0.25) is 0 Å². The zero-order valence-corrected chi connectivity index (χ0v) is 14.1. The molecule has 0 spiro atoms. The number of carbonyl (C=O) groups excluding carboxylic acids is 2. The Kier molecular flexibility index (Phi) is 5.51. The maximum absolute atomic E-state index is 12.6. The minimum absolute atomic E-state index is 0.0178. The molecule has 2 aliphatic rings. The number of benzene rings is 1. The van der Waals surface area contributed by atoms with E-state index in [1.165, 1.54) is 6.42 Å². The molecule has 3 atom stereocenters. The Balaban J connectivity index is 1.55. The Hall–Kier alpha value is -1.88. The normalized spacial score (nSPS) is 27.3. The van der Waals surface area contributed by atoms with Gasteiger partial charge in [0.1, 0.15) is 0 Å². The Morgan fingerprint density at radius 2 is 1.96 bits per heavy atom. The molecule has 5 heteroatoms. The number of carbonyl (C=O) groups is 2. The Labute approximate surface area is 143 Å². The van der Waals surface area contributed by atoms with Crippen molar-refractivity contribution in [2.24, 2.45) is 17.6 Å². The van der Waals surface area contributed by atoms with Gasteiger partial charge in [0.2, 0.25) is 11.8 Å². The molecule has 130 valence electrons. The predicted molar refractivity (Wildman–Crippen MR) is 92.9 cm³/mol. The van der Waals surface area contributed by atoms with Crippen molar-refractivity contribution < 1.29 is 9.59 Å². The summed E-state index contributed by atoms with van der Waals surface area (Å²) < 4.78 is 0. The minimum atomic E-state index is -0.235. The van der Waals surface area contributed by atoms with Gasteiger partial charge in [-0.25, -0.2) is 0 Å². The third-order valence-electron chi connectivity index (χ3n) is 5.34. The van der Waals surface area contributed by atoms with Crippen LogP contribution in [-0.2, 0) is 16.1 Å². The Bertz CT molecular complexity index is 575. The molecule has 1 aromatic rings. The quantitative estimate of drug-likeness (QED) is 0.863. The molecule has 2 fully saturated rings. The number of rotatable bonds is 5. The molecule has 0 radical (unpaired) electrons. The Morgan fingerprint density at radius 3 is 2.71 bits per heavy atom. The van der Waals surface area contributed by atoms with E-state index in [0.717, 1.165) is 24.8 Å². The molecule has 1 aliphatic heterocycles. The van der Waals surface area contributed by atoms with Crippen molar-refractivity contribution in [3.63, 3.8) is 0 Å². The zero-order valence-electron chi connectivity index (χ0n) is 14.1. The van der Waals surface area contributed by atoms with Crippen LogP contribution in [0.3, 0.4) is 0 Å². The van der Waals surface area contributed by atoms with Crippen LogP contribution in [0.1, 0.15) is 37.7 Å². The molecule has 1 saturated carbocycles. The van der Waals surface area contributed by atoms with Gasteiger partial charge >= 0.3 is 0 Å². The van der Waals surface area contributed by atoms with Crippen molar-refractivity contribution in [2.45, 2.75) is 44.7 Å². The van der Waals surface area contributed by atoms with Crippen LogP contribution >= 0.6 is 0 Å². The number of hydrogen-bond acceptors (Lipinski definition) is 3. The van der Waals surface area contributed by atoms with E-state index in [-0.39, 0.29) is 23.8 Å². The van der Waals surface area contributed by atoms with Crippen molar-refractivity contribution >= 4 is 11.8 Å². The molecule has 1 aliphatic carbocycles. The fourth-order valence-electron chi connectivity index (χ4n) is 3.88. The van der Waals surface area contributed by atoms with Gasteiger partial charge in [-0.05, 0) is 30.9 Å². The second kappa shape index (κ2) is 7.79. The van der Waals surface area contributed by atoms with E-state index in [1.807, 2.05) is 30.3 Å². The summed E-state index contributed by atoms with van der Waals surface area (Å²) in [7, 11) is 0. The first-order chi connectivity index (χ1) is 11.7. The van der Waals surface area contributed by atoms with E-state index in [0.29, 0.717) is 32.0 Å². The van der Waals surface area contributed by atoms with Crippen LogP contribution in [0.25, 0.3) is 0 Å². The fourth-order valence-corrected chi connectivity index (χ4v) is 3.88. The van der Waals surface area contributed by atoms with Crippen molar-refractivity contribution in [3.8, 4) is 0 Å². The van der Waals surface area contributed by atoms with Crippen LogP contribution < -0.4 is 11.1 Å². The van der Waals surface area contributed by atoms with Gasteiger partial charge in [-0.1, -0.05) is 43.2 Å². The summed E-state index contributed by atoms with van der Waals surface area (Å²) in [6.07, 6.45) is 4.75. The average Bonchev–Trinajstić information content (AvgIpc) is 2.97. The number of nitrogens with two attached hydrogens (primary N) is 1. The van der Waals surface area contributed by atoms with E-state index in [1.54, 1.807) is 4.90 Å². The summed E-state index contributed by atoms with van der Waals surface area (Å²) in [4.78, 5) is 26.6. The second-order valence-electron chi connectivity index (χ2n) is 7.06. The van der Waals surface area contributed by atoms with Crippen LogP contribution in [0.15, 0.2) is 30.3 Å². The first-order valence-electron chi connectivity index (χ1n) is 8.99. The molecule has 3 N–H and O–H groups in total. The Morgan fingerprint density at radius 1 is 1.21 bits per heavy atom. The summed E-state index contributed by atoms with van der Waals surface area (Å²) in [5.41, 5.74) is 6.94. The topological polar surface area (TPSA) is 75.4 Å². The first kappa shape index (κ1) is 17.0. The number of amides is 2. The van der Waals surface area contributed by atoms with Gasteiger partial charge in [0.25, 0.3) is 0 Å². The minimum Gasteiger partial charge on any atom is -0.353 e. The molecule has 3 rings (SSSR count). The smallest absolute Gasteiger partial charge is 0.225 e. The summed E-state index contributed by atoms with van der Waals surface area (Å²) in [6.45, 7) is 1.71. The van der Waals surface area contributed by atoms with Gasteiger partial charge in [-0.2, -0.15) is 0 Å². The summed E-state index contributed by atoms with van der Waals surface area (Å²) in [5.74, 6) is 0.226. The lowest BCUT2D eigenvalue weighted by atomic mass is 9.84. The maximum atomic E-state index is 12.6. The van der Waals surface area contributed by atoms with Crippen LogP contribution in [-0.4, -0.2) is 35.8 Å². The molecule has 0 aromatic heterocycles. The van der Waals surface area contributed by atoms with Crippen molar-refractivity contribution in [2.75, 3.05) is 13.1 Å². The van der Waals surface area contributed by atoms with Crippen molar-refractivity contribution in [1.29, 1.82) is 0 Å². The van der Waals surface area contributed by atoms with Gasteiger partial charge < -0.3 is 16.0 Å². The highest BCUT2D eigenvalue weighted by atomic mass is 16.2. The van der Waals surface area contributed by atoms with Gasteiger partial charge in [0, 0.05) is 25.6 Å². The van der Waals surface area contributed by atoms with Crippen LogP contribution in [0.4, 0.5) is 0 Å². The molecule has 24 heavy (non-hydrogen) atoms. The predicted octanol–water partition coefficient (Wildman–Crippen LogP) is 1.67. The summed E-state index contributed by atoms with van der Waals surface area (Å²) in [6, 6.07) is 10.1. The summed E-state index contributed by atoms with van der Waals surface area (Å²) >= 11 is 0. The monoisotopic (exact) mass is 329 g/mol. The first-order valence-corrected chi connectivity index (χ1v) is 8.99.